The van der Waals surface area contributed by atoms with Crippen molar-refractivity contribution in [2.45, 2.75) is 0 Å². The molecule has 1 saturated heterocycles. The zero-order valence-corrected chi connectivity index (χ0v) is 20.4. The molecule has 1 fully saturated rings. The van der Waals surface area contributed by atoms with Gasteiger partial charge in [-0.1, -0.05) is 29.3 Å². The number of nitrogens with zero attached hydrogens (tertiary/aromatic N) is 6. The van der Waals surface area contributed by atoms with Crippen LogP contribution in [0.15, 0.2) is 53.5 Å². The van der Waals surface area contributed by atoms with Crippen LogP contribution in [0.25, 0.3) is 16.7 Å². The van der Waals surface area contributed by atoms with Gasteiger partial charge in [-0.05, 0) is 55.0 Å². The molecule has 34 heavy (non-hydrogen) atoms. The van der Waals surface area contributed by atoms with Crippen molar-refractivity contribution in [3.8, 4) is 5.69 Å². The molecule has 0 amide bonds. The van der Waals surface area contributed by atoms with E-state index >= 15 is 0 Å². The molecule has 174 valence electrons. The fourth-order valence-electron chi connectivity index (χ4n) is 3.86. The second-order valence-electron chi connectivity index (χ2n) is 7.98. The molecule has 0 saturated carbocycles. The molecule has 1 aliphatic heterocycles. The van der Waals surface area contributed by atoms with Crippen molar-refractivity contribution in [2.75, 3.05) is 43.4 Å². The van der Waals surface area contributed by atoms with E-state index < -0.39 is 5.56 Å². The maximum absolute atomic E-state index is 13.1. The molecule has 2 aromatic heterocycles. The van der Waals surface area contributed by atoms with Crippen LogP contribution in [0.1, 0.15) is 0 Å². The van der Waals surface area contributed by atoms with Crippen LogP contribution < -0.4 is 15.8 Å². The highest BCUT2D eigenvalue weighted by molar-refractivity contribution is 6.38. The minimum atomic E-state index is -0.465. The number of aromatic nitrogens is 4. The van der Waals surface area contributed by atoms with Crippen LogP contribution in [-0.2, 0) is 0 Å². The highest BCUT2D eigenvalue weighted by atomic mass is 35.5. The number of para-hydroxylation sites is 1. The van der Waals surface area contributed by atoms with E-state index in [9.17, 15) is 4.79 Å². The molecule has 3 heterocycles. The maximum atomic E-state index is 13.1. The molecular weight excluding hydrogens is 497 g/mol. The van der Waals surface area contributed by atoms with Crippen molar-refractivity contribution in [1.29, 1.82) is 0 Å². The quantitative estimate of drug-likeness (QED) is 0.396. The topological polar surface area (TPSA) is 79.2 Å². The number of likely N-dealkylation sites (N-methyl/N-ethyl adjacent to an activating group) is 1. The summed E-state index contributed by atoms with van der Waals surface area (Å²) in [4.78, 5) is 30.8. The SMILES string of the molecule is CN1CCN(c2ccc(Nc3ncc4c(=O)n(-c5c(Cl)cccc5Cl)c(Cl)nc4n3)cc2)CC1. The van der Waals surface area contributed by atoms with E-state index in [2.05, 4.69) is 49.2 Å². The van der Waals surface area contributed by atoms with Gasteiger partial charge in [0.2, 0.25) is 11.2 Å². The first-order valence-electron chi connectivity index (χ1n) is 10.6. The number of anilines is 3. The number of benzene rings is 2. The van der Waals surface area contributed by atoms with Crippen molar-refractivity contribution in [3.63, 3.8) is 0 Å². The summed E-state index contributed by atoms with van der Waals surface area (Å²) in [5.41, 5.74) is 1.96. The molecule has 0 aliphatic carbocycles. The lowest BCUT2D eigenvalue weighted by Crippen LogP contribution is -2.44. The zero-order valence-electron chi connectivity index (χ0n) is 18.2. The van der Waals surface area contributed by atoms with E-state index in [1.807, 2.05) is 12.1 Å². The number of rotatable bonds is 4. The zero-order chi connectivity index (χ0) is 23.8. The molecule has 1 aliphatic rings. The normalized spacial score (nSPS) is 14.5. The highest BCUT2D eigenvalue weighted by Gasteiger charge is 2.18. The van der Waals surface area contributed by atoms with Crippen molar-refractivity contribution >= 4 is 63.2 Å². The minimum Gasteiger partial charge on any atom is -0.369 e. The van der Waals surface area contributed by atoms with Crippen molar-refractivity contribution in [1.82, 2.24) is 24.4 Å². The van der Waals surface area contributed by atoms with Crippen LogP contribution in [0.3, 0.4) is 0 Å². The Morgan fingerprint density at radius 3 is 2.26 bits per heavy atom. The number of halogens is 3. The summed E-state index contributed by atoms with van der Waals surface area (Å²) in [6, 6.07) is 13.0. The number of hydrogen-bond donors (Lipinski definition) is 1. The maximum Gasteiger partial charge on any atom is 0.270 e. The summed E-state index contributed by atoms with van der Waals surface area (Å²) in [6.45, 7) is 4.09. The molecule has 0 atom stereocenters. The predicted molar refractivity (Wildman–Crippen MR) is 137 cm³/mol. The van der Waals surface area contributed by atoms with Gasteiger partial charge in [0.15, 0.2) is 5.65 Å². The fraction of sp³-hybridized carbons (Fsp3) is 0.217. The second kappa shape index (κ2) is 9.38. The number of fused-ring (bicyclic) bond motifs is 1. The average molecular weight is 517 g/mol. The molecule has 0 bridgehead atoms. The van der Waals surface area contributed by atoms with Crippen molar-refractivity contribution in [3.05, 3.63) is 74.3 Å². The Hall–Kier alpha value is -2.91. The smallest absolute Gasteiger partial charge is 0.270 e. The Kier molecular flexibility index (Phi) is 6.31. The molecule has 11 heteroatoms. The molecular formula is C23H20Cl3N7O. The lowest BCUT2D eigenvalue weighted by atomic mass is 10.2. The molecule has 0 spiro atoms. The summed E-state index contributed by atoms with van der Waals surface area (Å²) < 4.78 is 1.15. The molecule has 2 aromatic carbocycles. The van der Waals surface area contributed by atoms with Gasteiger partial charge in [0.05, 0.1) is 15.7 Å². The third-order valence-electron chi connectivity index (χ3n) is 5.74. The minimum absolute atomic E-state index is 0.103. The Bertz CT molecular complexity index is 1400. The van der Waals surface area contributed by atoms with Gasteiger partial charge in [-0.15, -0.1) is 0 Å². The van der Waals surface area contributed by atoms with Gasteiger partial charge in [-0.25, -0.2) is 9.55 Å². The lowest BCUT2D eigenvalue weighted by molar-refractivity contribution is 0.313. The van der Waals surface area contributed by atoms with Crippen LogP contribution in [-0.4, -0.2) is 57.6 Å². The van der Waals surface area contributed by atoms with Crippen LogP contribution in [0, 0.1) is 0 Å². The first-order valence-corrected chi connectivity index (χ1v) is 11.7. The van der Waals surface area contributed by atoms with Crippen LogP contribution in [0.5, 0.6) is 0 Å². The van der Waals surface area contributed by atoms with E-state index in [-0.39, 0.29) is 32.0 Å². The first kappa shape index (κ1) is 22.9. The second-order valence-corrected chi connectivity index (χ2v) is 9.14. The number of hydrogen-bond acceptors (Lipinski definition) is 7. The van der Waals surface area contributed by atoms with E-state index in [4.69, 9.17) is 34.8 Å². The molecule has 0 radical (unpaired) electrons. The van der Waals surface area contributed by atoms with Crippen LogP contribution in [0.2, 0.25) is 15.3 Å². The summed E-state index contributed by atoms with van der Waals surface area (Å²) in [5.74, 6) is 0.302. The molecule has 0 unspecified atom stereocenters. The van der Waals surface area contributed by atoms with Gasteiger partial charge in [0.25, 0.3) is 5.56 Å². The highest BCUT2D eigenvalue weighted by Crippen LogP contribution is 2.29. The molecule has 4 aromatic rings. The summed E-state index contributed by atoms with van der Waals surface area (Å²) in [7, 11) is 2.14. The largest absolute Gasteiger partial charge is 0.369 e. The van der Waals surface area contributed by atoms with Gasteiger partial charge >= 0.3 is 0 Å². The average Bonchev–Trinajstić information content (AvgIpc) is 2.82. The van der Waals surface area contributed by atoms with E-state index in [1.165, 1.54) is 11.9 Å². The Morgan fingerprint density at radius 1 is 0.912 bits per heavy atom. The van der Waals surface area contributed by atoms with Gasteiger partial charge in [-0.2, -0.15) is 9.97 Å². The third-order valence-corrected chi connectivity index (χ3v) is 6.60. The summed E-state index contributed by atoms with van der Waals surface area (Å²) in [6.07, 6.45) is 1.41. The Balaban J connectivity index is 1.42. The summed E-state index contributed by atoms with van der Waals surface area (Å²) in [5, 5.41) is 3.79. The molecule has 8 nitrogen and oxygen atoms in total. The van der Waals surface area contributed by atoms with Crippen molar-refractivity contribution < 1.29 is 0 Å². The number of piperazine rings is 1. The predicted octanol–water partition coefficient (Wildman–Crippen LogP) is 4.63. The first-order chi connectivity index (χ1) is 16.4. The lowest BCUT2D eigenvalue weighted by Gasteiger charge is -2.34. The molecule has 1 N–H and O–H groups in total. The summed E-state index contributed by atoms with van der Waals surface area (Å²) >= 11 is 18.9. The van der Waals surface area contributed by atoms with Gasteiger partial charge < -0.3 is 15.1 Å². The Morgan fingerprint density at radius 2 is 1.59 bits per heavy atom. The van der Waals surface area contributed by atoms with Crippen molar-refractivity contribution in [2.24, 2.45) is 0 Å². The van der Waals surface area contributed by atoms with Gasteiger partial charge in [0.1, 0.15) is 5.39 Å². The fourth-order valence-corrected chi connectivity index (χ4v) is 4.66. The van der Waals surface area contributed by atoms with E-state index in [0.29, 0.717) is 5.95 Å². The van der Waals surface area contributed by atoms with E-state index in [1.54, 1.807) is 18.2 Å². The van der Waals surface area contributed by atoms with Gasteiger partial charge in [-0.3, -0.25) is 4.79 Å². The Labute approximate surface area is 210 Å². The standard InChI is InChI=1S/C23H20Cl3N7O/c1-31-9-11-32(12-10-31)15-7-5-14(6-8-15)28-23-27-13-16-20(30-23)29-22(26)33(21(16)34)19-17(24)3-2-4-18(19)25/h2-8,13H,9-12H2,1H3,(H,27,28,30). The monoisotopic (exact) mass is 515 g/mol. The van der Waals surface area contributed by atoms with E-state index in [0.717, 1.165) is 36.4 Å². The van der Waals surface area contributed by atoms with Gasteiger partial charge in [0, 0.05) is 43.8 Å². The molecule has 5 rings (SSSR count). The van der Waals surface area contributed by atoms with Crippen LogP contribution in [0.4, 0.5) is 17.3 Å². The van der Waals surface area contributed by atoms with Crippen LogP contribution >= 0.6 is 34.8 Å². The third kappa shape index (κ3) is 4.42. The number of nitrogens with one attached hydrogen (secondary N) is 1.